The molecular weight excluding hydrogens is 230 g/mol. The molecule has 0 bridgehead atoms. The van der Waals surface area contributed by atoms with E-state index in [9.17, 15) is 4.79 Å². The van der Waals surface area contributed by atoms with Crippen LogP contribution in [0, 0.1) is 0 Å². The monoisotopic (exact) mass is 243 g/mol. The molecule has 0 aliphatic heterocycles. The third-order valence-electron chi connectivity index (χ3n) is 2.37. The van der Waals surface area contributed by atoms with Crippen LogP contribution in [0.3, 0.4) is 0 Å². The molecule has 0 unspecified atom stereocenters. The van der Waals surface area contributed by atoms with Crippen molar-refractivity contribution in [2.24, 2.45) is 0 Å². The van der Waals surface area contributed by atoms with E-state index in [0.717, 1.165) is 0 Å². The minimum atomic E-state index is -0.443. The van der Waals surface area contributed by atoms with Gasteiger partial charge in [-0.3, -0.25) is 0 Å². The van der Waals surface area contributed by atoms with E-state index in [2.05, 4.69) is 5.48 Å². The van der Waals surface area contributed by atoms with Gasteiger partial charge in [0.1, 0.15) is 11.4 Å². The highest BCUT2D eigenvalue weighted by molar-refractivity contribution is 5.89. The standard InChI is InChI=1S/C14H13NO3/c1-17-13-10-6-5-9-12(13)15-18-14(16)11-7-3-2-4-8-11/h2-10,15H,1H3. The smallest absolute Gasteiger partial charge is 0.362 e. The van der Waals surface area contributed by atoms with Crippen LogP contribution in [0.4, 0.5) is 5.69 Å². The van der Waals surface area contributed by atoms with Crippen LogP contribution in [-0.2, 0) is 4.84 Å². The van der Waals surface area contributed by atoms with Gasteiger partial charge >= 0.3 is 5.97 Å². The van der Waals surface area contributed by atoms with Crippen LogP contribution in [0.15, 0.2) is 54.6 Å². The number of benzene rings is 2. The molecule has 0 radical (unpaired) electrons. The molecule has 0 amide bonds. The van der Waals surface area contributed by atoms with Gasteiger partial charge in [0, 0.05) is 0 Å². The predicted molar refractivity (Wildman–Crippen MR) is 68.5 cm³/mol. The Labute approximate surface area is 105 Å². The maximum atomic E-state index is 11.7. The fourth-order valence-corrected chi connectivity index (χ4v) is 1.46. The Morgan fingerprint density at radius 3 is 2.39 bits per heavy atom. The molecule has 0 aromatic heterocycles. The van der Waals surface area contributed by atoms with Crippen LogP contribution in [-0.4, -0.2) is 13.1 Å². The van der Waals surface area contributed by atoms with Gasteiger partial charge in [-0.25, -0.2) is 10.3 Å². The Bertz CT molecular complexity index is 526. The highest BCUT2D eigenvalue weighted by Crippen LogP contribution is 2.23. The third-order valence-corrected chi connectivity index (χ3v) is 2.37. The summed E-state index contributed by atoms with van der Waals surface area (Å²) >= 11 is 0. The SMILES string of the molecule is COc1ccccc1NOC(=O)c1ccccc1. The van der Waals surface area contributed by atoms with Crippen molar-refractivity contribution in [2.75, 3.05) is 12.6 Å². The van der Waals surface area contributed by atoms with E-state index in [1.807, 2.05) is 18.2 Å². The fraction of sp³-hybridized carbons (Fsp3) is 0.0714. The van der Waals surface area contributed by atoms with E-state index in [1.54, 1.807) is 43.5 Å². The molecule has 0 aliphatic rings. The highest BCUT2D eigenvalue weighted by Gasteiger charge is 2.08. The van der Waals surface area contributed by atoms with Gasteiger partial charge in [0.05, 0.1) is 12.7 Å². The van der Waals surface area contributed by atoms with Crippen molar-refractivity contribution in [2.45, 2.75) is 0 Å². The molecule has 1 N–H and O–H groups in total. The molecule has 0 fully saturated rings. The number of nitrogens with one attached hydrogen (secondary N) is 1. The lowest BCUT2D eigenvalue weighted by molar-refractivity contribution is 0.0595. The van der Waals surface area contributed by atoms with Gasteiger partial charge in [-0.05, 0) is 24.3 Å². The molecule has 2 aromatic rings. The van der Waals surface area contributed by atoms with Crippen LogP contribution in [0.2, 0.25) is 0 Å². The number of carbonyl (C=O) groups excluding carboxylic acids is 1. The van der Waals surface area contributed by atoms with Crippen molar-refractivity contribution < 1.29 is 14.4 Å². The molecule has 18 heavy (non-hydrogen) atoms. The second-order valence-electron chi connectivity index (χ2n) is 3.56. The molecule has 2 aromatic carbocycles. The van der Waals surface area contributed by atoms with Crippen molar-refractivity contribution in [3.8, 4) is 5.75 Å². The Hall–Kier alpha value is -2.49. The molecule has 2 rings (SSSR count). The Balaban J connectivity index is 2.02. The van der Waals surface area contributed by atoms with Crippen LogP contribution in [0.25, 0.3) is 0 Å². The van der Waals surface area contributed by atoms with Crippen molar-refractivity contribution >= 4 is 11.7 Å². The first-order valence-electron chi connectivity index (χ1n) is 5.46. The van der Waals surface area contributed by atoms with Crippen molar-refractivity contribution in [1.29, 1.82) is 0 Å². The van der Waals surface area contributed by atoms with Gasteiger partial charge in [0.2, 0.25) is 0 Å². The predicted octanol–water partition coefficient (Wildman–Crippen LogP) is 2.88. The zero-order valence-corrected chi connectivity index (χ0v) is 9.92. The molecule has 4 heteroatoms. The van der Waals surface area contributed by atoms with E-state index < -0.39 is 5.97 Å². The second-order valence-corrected chi connectivity index (χ2v) is 3.56. The Morgan fingerprint density at radius 2 is 1.67 bits per heavy atom. The van der Waals surface area contributed by atoms with Crippen LogP contribution < -0.4 is 10.2 Å². The first kappa shape index (κ1) is 12.0. The van der Waals surface area contributed by atoms with Gasteiger partial charge in [0.15, 0.2) is 0 Å². The van der Waals surface area contributed by atoms with Crippen molar-refractivity contribution in [3.63, 3.8) is 0 Å². The second kappa shape index (κ2) is 5.72. The quantitative estimate of drug-likeness (QED) is 0.839. The molecule has 4 nitrogen and oxygen atoms in total. The number of methoxy groups -OCH3 is 1. The first-order chi connectivity index (χ1) is 8.81. The average molecular weight is 243 g/mol. The zero-order chi connectivity index (χ0) is 12.8. The van der Waals surface area contributed by atoms with Crippen molar-refractivity contribution in [3.05, 3.63) is 60.2 Å². The van der Waals surface area contributed by atoms with E-state index >= 15 is 0 Å². The Morgan fingerprint density at radius 1 is 1.00 bits per heavy atom. The lowest BCUT2D eigenvalue weighted by Crippen LogP contribution is -2.11. The topological polar surface area (TPSA) is 47.6 Å². The van der Waals surface area contributed by atoms with Gasteiger partial charge in [-0.15, -0.1) is 0 Å². The van der Waals surface area contributed by atoms with Crippen LogP contribution in [0.1, 0.15) is 10.4 Å². The normalized spacial score (nSPS) is 9.61. The number of anilines is 1. The van der Waals surface area contributed by atoms with Gasteiger partial charge < -0.3 is 9.57 Å². The number of hydrogen-bond acceptors (Lipinski definition) is 4. The third kappa shape index (κ3) is 2.79. The summed E-state index contributed by atoms with van der Waals surface area (Å²) in [5, 5.41) is 0. The molecule has 92 valence electrons. The minimum absolute atomic E-state index is 0.443. The summed E-state index contributed by atoms with van der Waals surface area (Å²) in [6.07, 6.45) is 0. The van der Waals surface area contributed by atoms with E-state index in [1.165, 1.54) is 0 Å². The summed E-state index contributed by atoms with van der Waals surface area (Å²) in [5.74, 6) is 0.167. The van der Waals surface area contributed by atoms with Gasteiger partial charge in [-0.1, -0.05) is 30.3 Å². The lowest BCUT2D eigenvalue weighted by Gasteiger charge is -2.10. The van der Waals surface area contributed by atoms with Crippen molar-refractivity contribution in [1.82, 2.24) is 0 Å². The van der Waals surface area contributed by atoms with Crippen LogP contribution in [0.5, 0.6) is 5.75 Å². The number of carbonyl (C=O) groups is 1. The molecule has 0 aliphatic carbocycles. The van der Waals surface area contributed by atoms with E-state index in [0.29, 0.717) is 17.0 Å². The lowest BCUT2D eigenvalue weighted by atomic mass is 10.2. The number of ether oxygens (including phenoxy) is 1. The van der Waals surface area contributed by atoms with Gasteiger partial charge in [-0.2, -0.15) is 0 Å². The maximum Gasteiger partial charge on any atom is 0.362 e. The van der Waals surface area contributed by atoms with Gasteiger partial charge in [0.25, 0.3) is 0 Å². The Kier molecular flexibility index (Phi) is 3.81. The molecule has 0 spiro atoms. The highest BCUT2D eigenvalue weighted by atomic mass is 16.7. The summed E-state index contributed by atoms with van der Waals surface area (Å²) in [5.41, 5.74) is 3.68. The summed E-state index contributed by atoms with van der Waals surface area (Å²) in [4.78, 5) is 16.7. The minimum Gasteiger partial charge on any atom is -0.494 e. The van der Waals surface area contributed by atoms with Crippen LogP contribution >= 0.6 is 0 Å². The molecule has 0 heterocycles. The summed E-state index contributed by atoms with van der Waals surface area (Å²) in [6.45, 7) is 0. The largest absolute Gasteiger partial charge is 0.494 e. The zero-order valence-electron chi connectivity index (χ0n) is 9.92. The summed E-state index contributed by atoms with van der Waals surface area (Å²) < 4.78 is 5.13. The summed E-state index contributed by atoms with van der Waals surface area (Å²) in [6, 6.07) is 16.0. The number of para-hydroxylation sites is 2. The first-order valence-corrected chi connectivity index (χ1v) is 5.46. The molecule has 0 saturated heterocycles. The molecule has 0 atom stereocenters. The average Bonchev–Trinajstić information content (AvgIpc) is 2.46. The van der Waals surface area contributed by atoms with E-state index in [-0.39, 0.29) is 0 Å². The summed E-state index contributed by atoms with van der Waals surface area (Å²) in [7, 11) is 1.56. The van der Waals surface area contributed by atoms with E-state index in [4.69, 9.17) is 9.57 Å². The molecular formula is C14H13NO3. The molecule has 0 saturated carbocycles. The maximum absolute atomic E-state index is 11.7. The number of hydrogen-bond donors (Lipinski definition) is 1. The fourth-order valence-electron chi connectivity index (χ4n) is 1.46. The number of rotatable bonds is 4.